The van der Waals surface area contributed by atoms with Gasteiger partial charge in [-0.05, 0) is 54.7 Å². The van der Waals surface area contributed by atoms with Gasteiger partial charge < -0.3 is 18.9 Å². The molecule has 2 aromatic rings. The molecule has 190 valence electrons. The van der Waals surface area contributed by atoms with Crippen molar-refractivity contribution < 1.29 is 32.2 Å². The fourth-order valence-corrected chi connectivity index (χ4v) is 6.44. The Balaban J connectivity index is 1.63. The first-order valence-corrected chi connectivity index (χ1v) is 13.3. The number of benzene rings is 2. The van der Waals surface area contributed by atoms with E-state index < -0.39 is 33.7 Å². The van der Waals surface area contributed by atoms with Crippen LogP contribution in [0.4, 0.5) is 0 Å². The molecule has 35 heavy (non-hydrogen) atoms. The third-order valence-electron chi connectivity index (χ3n) is 7.01. The standard InChI is InChI=1S/C26H33NO7S/c1-27(24(25(28)32-3)23-7-4-5-16-26(23)33-17-6-18-34-26)35(29,30)22-14-10-20(11-15-22)19-8-12-21(31-2)13-9-19/h8-15,23-24H,4-7,16-18H2,1-3H3. The molecule has 0 amide bonds. The van der Waals surface area contributed by atoms with Crippen molar-refractivity contribution in [1.82, 2.24) is 4.31 Å². The molecule has 9 heteroatoms. The van der Waals surface area contributed by atoms with Crippen LogP contribution < -0.4 is 4.74 Å². The Hall–Kier alpha value is -2.46. The maximum atomic E-state index is 13.7. The highest BCUT2D eigenvalue weighted by Gasteiger charge is 2.53. The molecule has 1 aliphatic heterocycles. The topological polar surface area (TPSA) is 91.4 Å². The van der Waals surface area contributed by atoms with Gasteiger partial charge in [0.05, 0.1) is 32.3 Å². The molecule has 2 aliphatic rings. The predicted octanol–water partition coefficient (Wildman–Crippen LogP) is 3.85. The van der Waals surface area contributed by atoms with Crippen LogP contribution >= 0.6 is 0 Å². The van der Waals surface area contributed by atoms with Crippen molar-refractivity contribution in [2.45, 2.75) is 48.8 Å². The molecule has 1 saturated heterocycles. The van der Waals surface area contributed by atoms with Crippen LogP contribution in [-0.4, -0.2) is 65.0 Å². The zero-order valence-electron chi connectivity index (χ0n) is 20.4. The average molecular weight is 504 g/mol. The number of likely N-dealkylation sites (N-methyl/N-ethyl adjacent to an activating group) is 1. The fraction of sp³-hybridized carbons (Fsp3) is 0.500. The van der Waals surface area contributed by atoms with Crippen LogP contribution in [0.2, 0.25) is 0 Å². The van der Waals surface area contributed by atoms with E-state index >= 15 is 0 Å². The summed E-state index contributed by atoms with van der Waals surface area (Å²) in [6.45, 7) is 1.04. The smallest absolute Gasteiger partial charge is 0.324 e. The minimum atomic E-state index is -4.01. The molecule has 8 nitrogen and oxygen atoms in total. The van der Waals surface area contributed by atoms with Gasteiger partial charge in [-0.25, -0.2) is 8.42 Å². The Kier molecular flexibility index (Phi) is 7.80. The van der Waals surface area contributed by atoms with E-state index in [9.17, 15) is 13.2 Å². The van der Waals surface area contributed by atoms with Crippen molar-refractivity contribution in [3.63, 3.8) is 0 Å². The highest BCUT2D eigenvalue weighted by atomic mass is 32.2. The van der Waals surface area contributed by atoms with Crippen LogP contribution in [0.25, 0.3) is 11.1 Å². The first-order valence-electron chi connectivity index (χ1n) is 11.9. The first kappa shape index (κ1) is 25.6. The number of hydrogen-bond acceptors (Lipinski definition) is 7. The maximum absolute atomic E-state index is 13.7. The summed E-state index contributed by atoms with van der Waals surface area (Å²) in [7, 11) is 0.305. The van der Waals surface area contributed by atoms with Gasteiger partial charge in [0.15, 0.2) is 5.79 Å². The number of nitrogens with zero attached hydrogens (tertiary/aromatic N) is 1. The fourth-order valence-electron chi connectivity index (χ4n) is 5.09. The van der Waals surface area contributed by atoms with Gasteiger partial charge in [0, 0.05) is 19.4 Å². The summed E-state index contributed by atoms with van der Waals surface area (Å²) in [4.78, 5) is 13.1. The van der Waals surface area contributed by atoms with Crippen molar-refractivity contribution in [1.29, 1.82) is 0 Å². The molecule has 4 rings (SSSR count). The number of carbonyl (C=O) groups excluding carboxylic acids is 1. The summed E-state index contributed by atoms with van der Waals surface area (Å²) >= 11 is 0. The SMILES string of the molecule is COC(=O)C(C1CCCCC12OCCCO2)N(C)S(=O)(=O)c1ccc(-c2ccc(OC)cc2)cc1. The van der Waals surface area contributed by atoms with Gasteiger partial charge in [-0.15, -0.1) is 0 Å². The van der Waals surface area contributed by atoms with E-state index in [0.29, 0.717) is 26.1 Å². The van der Waals surface area contributed by atoms with Gasteiger partial charge in [0.25, 0.3) is 0 Å². The molecule has 2 aromatic carbocycles. The van der Waals surface area contributed by atoms with Gasteiger partial charge in [-0.1, -0.05) is 30.7 Å². The first-order chi connectivity index (χ1) is 16.8. The van der Waals surface area contributed by atoms with Crippen molar-refractivity contribution in [2.24, 2.45) is 5.92 Å². The lowest BCUT2D eigenvalue weighted by atomic mass is 9.78. The largest absolute Gasteiger partial charge is 0.497 e. The van der Waals surface area contributed by atoms with Crippen LogP contribution in [0.15, 0.2) is 53.4 Å². The summed E-state index contributed by atoms with van der Waals surface area (Å²) in [6.07, 6.45) is 3.75. The van der Waals surface area contributed by atoms with Crippen molar-refractivity contribution in [3.8, 4) is 16.9 Å². The van der Waals surface area contributed by atoms with Gasteiger partial charge in [-0.3, -0.25) is 4.79 Å². The molecule has 0 radical (unpaired) electrons. The van der Waals surface area contributed by atoms with E-state index in [-0.39, 0.29) is 4.90 Å². The van der Waals surface area contributed by atoms with Crippen molar-refractivity contribution >= 4 is 16.0 Å². The number of ether oxygens (including phenoxy) is 4. The molecule has 2 fully saturated rings. The second-order valence-corrected chi connectivity index (χ2v) is 11.0. The molecule has 0 N–H and O–H groups in total. The zero-order valence-corrected chi connectivity index (χ0v) is 21.3. The highest BCUT2D eigenvalue weighted by molar-refractivity contribution is 7.89. The summed E-state index contributed by atoms with van der Waals surface area (Å²) in [5.74, 6) is -1.32. The number of methoxy groups -OCH3 is 2. The molecule has 0 bridgehead atoms. The van der Waals surface area contributed by atoms with Gasteiger partial charge in [0.2, 0.25) is 10.0 Å². The molecule has 1 spiro atoms. The lowest BCUT2D eigenvalue weighted by Gasteiger charge is -2.48. The van der Waals surface area contributed by atoms with E-state index in [4.69, 9.17) is 18.9 Å². The molecule has 0 aromatic heterocycles. The molecular formula is C26H33NO7S. The molecule has 1 aliphatic carbocycles. The van der Waals surface area contributed by atoms with Gasteiger partial charge >= 0.3 is 5.97 Å². The number of carbonyl (C=O) groups is 1. The average Bonchev–Trinajstić information content (AvgIpc) is 2.90. The lowest BCUT2D eigenvalue weighted by molar-refractivity contribution is -0.310. The van der Waals surface area contributed by atoms with E-state index in [2.05, 4.69) is 0 Å². The molecular weight excluding hydrogens is 470 g/mol. The number of sulfonamides is 1. The third kappa shape index (κ3) is 5.09. The van der Waals surface area contributed by atoms with Crippen molar-refractivity contribution in [3.05, 3.63) is 48.5 Å². The van der Waals surface area contributed by atoms with E-state index in [1.807, 2.05) is 24.3 Å². The van der Waals surface area contributed by atoms with Crippen LogP contribution in [0, 0.1) is 5.92 Å². The Morgan fingerprint density at radius 1 is 0.971 bits per heavy atom. The second kappa shape index (κ2) is 10.7. The summed E-state index contributed by atoms with van der Waals surface area (Å²) in [6, 6.07) is 13.1. The normalized spacial score (nSPS) is 21.0. The highest BCUT2D eigenvalue weighted by Crippen LogP contribution is 2.43. The summed E-state index contributed by atoms with van der Waals surface area (Å²) in [5, 5.41) is 0. The second-order valence-electron chi connectivity index (χ2n) is 8.96. The van der Waals surface area contributed by atoms with E-state index in [0.717, 1.165) is 40.4 Å². The third-order valence-corrected chi connectivity index (χ3v) is 8.86. The van der Waals surface area contributed by atoms with E-state index in [1.165, 1.54) is 14.2 Å². The zero-order chi connectivity index (χ0) is 25.1. The molecule has 2 unspecified atom stereocenters. The minimum absolute atomic E-state index is 0.0986. The Morgan fingerprint density at radius 2 is 1.57 bits per heavy atom. The summed E-state index contributed by atoms with van der Waals surface area (Å²) in [5.41, 5.74) is 1.81. The molecule has 2 atom stereocenters. The maximum Gasteiger partial charge on any atom is 0.324 e. The van der Waals surface area contributed by atoms with Gasteiger partial charge in [-0.2, -0.15) is 4.31 Å². The minimum Gasteiger partial charge on any atom is -0.497 e. The Morgan fingerprint density at radius 3 is 2.14 bits per heavy atom. The molecule has 1 saturated carbocycles. The monoisotopic (exact) mass is 503 g/mol. The van der Waals surface area contributed by atoms with Crippen molar-refractivity contribution in [2.75, 3.05) is 34.5 Å². The Bertz CT molecular complexity index is 1100. The Labute approximate surface area is 207 Å². The molecule has 1 heterocycles. The van der Waals surface area contributed by atoms with E-state index in [1.54, 1.807) is 31.4 Å². The number of hydrogen-bond donors (Lipinski definition) is 0. The van der Waals surface area contributed by atoms with Crippen LogP contribution in [0.1, 0.15) is 32.1 Å². The quantitative estimate of drug-likeness (QED) is 0.530. The van der Waals surface area contributed by atoms with Crippen LogP contribution in [0.3, 0.4) is 0 Å². The van der Waals surface area contributed by atoms with Crippen LogP contribution in [0.5, 0.6) is 5.75 Å². The van der Waals surface area contributed by atoms with Crippen LogP contribution in [-0.2, 0) is 29.0 Å². The predicted molar refractivity (Wildman–Crippen MR) is 130 cm³/mol. The lowest BCUT2D eigenvalue weighted by Crippen LogP contribution is -2.59. The summed E-state index contributed by atoms with van der Waals surface area (Å²) < 4.78 is 50.9. The van der Waals surface area contributed by atoms with Gasteiger partial charge in [0.1, 0.15) is 11.8 Å². The number of esters is 1. The number of rotatable bonds is 7.